The summed E-state index contributed by atoms with van der Waals surface area (Å²) in [6.07, 6.45) is 2.35. The zero-order valence-electron chi connectivity index (χ0n) is 10.2. The Bertz CT molecular complexity index is 426. The number of fused-ring (bicyclic) bond motifs is 1. The molecule has 0 bridgehead atoms. The molecule has 2 saturated heterocycles. The van der Waals surface area contributed by atoms with Gasteiger partial charge in [0, 0.05) is 19.6 Å². The van der Waals surface area contributed by atoms with Gasteiger partial charge in [-0.3, -0.25) is 0 Å². The van der Waals surface area contributed by atoms with Crippen molar-refractivity contribution < 1.29 is 4.79 Å². The van der Waals surface area contributed by atoms with Crippen LogP contribution in [0.4, 0.5) is 4.79 Å². The lowest BCUT2D eigenvalue weighted by Crippen LogP contribution is -2.31. The molecule has 90 valence electrons. The minimum atomic E-state index is 0.230. The van der Waals surface area contributed by atoms with Gasteiger partial charge in [0.2, 0.25) is 0 Å². The minimum absolute atomic E-state index is 0.230. The first-order valence-electron chi connectivity index (χ1n) is 6.35. The molecule has 2 aliphatic heterocycles. The molecule has 0 aliphatic carbocycles. The number of rotatable bonds is 2. The van der Waals surface area contributed by atoms with Crippen molar-refractivity contribution in [3.63, 3.8) is 0 Å². The van der Waals surface area contributed by atoms with Crippen molar-refractivity contribution >= 4 is 6.03 Å². The lowest BCUT2D eigenvalue weighted by molar-refractivity contribution is 0.192. The molecule has 0 radical (unpaired) electrons. The topological polar surface area (TPSA) is 23.6 Å². The van der Waals surface area contributed by atoms with E-state index in [4.69, 9.17) is 0 Å². The normalized spacial score (nSPS) is 23.4. The van der Waals surface area contributed by atoms with E-state index in [1.165, 1.54) is 24.0 Å². The number of amides is 2. The largest absolute Gasteiger partial charge is 0.320 e. The highest BCUT2D eigenvalue weighted by Gasteiger charge is 2.39. The predicted molar refractivity (Wildman–Crippen MR) is 66.7 cm³/mol. The van der Waals surface area contributed by atoms with E-state index in [9.17, 15) is 4.79 Å². The highest BCUT2D eigenvalue weighted by molar-refractivity contribution is 5.77. The van der Waals surface area contributed by atoms with Crippen molar-refractivity contribution in [1.82, 2.24) is 9.80 Å². The van der Waals surface area contributed by atoms with E-state index in [0.29, 0.717) is 6.04 Å². The van der Waals surface area contributed by atoms with Gasteiger partial charge in [-0.2, -0.15) is 0 Å². The Morgan fingerprint density at radius 3 is 2.76 bits per heavy atom. The van der Waals surface area contributed by atoms with Crippen LogP contribution in [-0.4, -0.2) is 35.0 Å². The quantitative estimate of drug-likeness (QED) is 0.765. The Hall–Kier alpha value is -1.51. The predicted octanol–water partition coefficient (Wildman–Crippen LogP) is 2.40. The molecule has 2 fully saturated rings. The third kappa shape index (κ3) is 1.90. The molecule has 1 aromatic carbocycles. The van der Waals surface area contributed by atoms with Gasteiger partial charge in [0.05, 0.1) is 6.04 Å². The molecular weight excluding hydrogens is 212 g/mol. The van der Waals surface area contributed by atoms with Crippen molar-refractivity contribution in [2.75, 3.05) is 13.1 Å². The number of carbonyl (C=O) groups excluding carboxylic acids is 1. The van der Waals surface area contributed by atoms with Crippen LogP contribution in [0.15, 0.2) is 24.3 Å². The van der Waals surface area contributed by atoms with Crippen LogP contribution < -0.4 is 0 Å². The molecule has 17 heavy (non-hydrogen) atoms. The summed E-state index contributed by atoms with van der Waals surface area (Å²) < 4.78 is 0. The standard InChI is InChI=1S/C14H18N2O/c1-11-4-6-12(7-5-11)9-15-10-13-3-2-8-16(13)14(15)17/h4-7,13H,2-3,8-10H2,1H3. The average molecular weight is 230 g/mol. The van der Waals surface area contributed by atoms with E-state index >= 15 is 0 Å². The summed E-state index contributed by atoms with van der Waals surface area (Å²) in [4.78, 5) is 16.1. The molecule has 1 atom stereocenters. The molecule has 2 heterocycles. The second kappa shape index (κ2) is 4.06. The van der Waals surface area contributed by atoms with Crippen LogP contribution in [0.3, 0.4) is 0 Å². The van der Waals surface area contributed by atoms with Gasteiger partial charge >= 0.3 is 6.03 Å². The molecule has 3 heteroatoms. The SMILES string of the molecule is Cc1ccc(CN2CC3CCCN3C2=O)cc1. The first-order chi connectivity index (χ1) is 8.24. The van der Waals surface area contributed by atoms with Crippen LogP contribution in [0.5, 0.6) is 0 Å². The average Bonchev–Trinajstić information content (AvgIpc) is 2.87. The smallest absolute Gasteiger partial charge is 0.320 e. The fourth-order valence-corrected chi connectivity index (χ4v) is 2.84. The first kappa shape index (κ1) is 10.6. The van der Waals surface area contributed by atoms with E-state index < -0.39 is 0 Å². The Morgan fingerprint density at radius 2 is 2.06 bits per heavy atom. The van der Waals surface area contributed by atoms with Gasteiger partial charge in [0.1, 0.15) is 0 Å². The molecule has 0 N–H and O–H groups in total. The lowest BCUT2D eigenvalue weighted by Gasteiger charge is -2.17. The van der Waals surface area contributed by atoms with Crippen LogP contribution in [0.2, 0.25) is 0 Å². The van der Waals surface area contributed by atoms with Crippen molar-refractivity contribution in [2.45, 2.75) is 32.4 Å². The van der Waals surface area contributed by atoms with Gasteiger partial charge in [0.25, 0.3) is 0 Å². The van der Waals surface area contributed by atoms with Gasteiger partial charge in [-0.05, 0) is 25.3 Å². The maximum absolute atomic E-state index is 12.1. The van der Waals surface area contributed by atoms with Crippen molar-refractivity contribution in [3.05, 3.63) is 35.4 Å². The molecule has 0 saturated carbocycles. The molecular formula is C14H18N2O. The molecule has 0 aromatic heterocycles. The van der Waals surface area contributed by atoms with E-state index in [1.807, 2.05) is 9.80 Å². The second-order valence-corrected chi connectivity index (χ2v) is 5.14. The van der Waals surface area contributed by atoms with Crippen LogP contribution >= 0.6 is 0 Å². The fraction of sp³-hybridized carbons (Fsp3) is 0.500. The number of aryl methyl sites for hydroxylation is 1. The Labute approximate surface area is 102 Å². The zero-order valence-corrected chi connectivity index (χ0v) is 10.2. The molecule has 2 aliphatic rings. The van der Waals surface area contributed by atoms with Crippen LogP contribution in [0, 0.1) is 6.92 Å². The van der Waals surface area contributed by atoms with Crippen molar-refractivity contribution in [3.8, 4) is 0 Å². The third-order valence-electron chi connectivity index (χ3n) is 3.82. The molecule has 3 rings (SSSR count). The van der Waals surface area contributed by atoms with Crippen LogP contribution in [0.1, 0.15) is 24.0 Å². The summed E-state index contributed by atoms with van der Waals surface area (Å²) in [5, 5.41) is 0. The molecule has 3 nitrogen and oxygen atoms in total. The third-order valence-corrected chi connectivity index (χ3v) is 3.82. The summed E-state index contributed by atoms with van der Waals surface area (Å²) in [7, 11) is 0. The summed E-state index contributed by atoms with van der Waals surface area (Å²) in [5.74, 6) is 0. The Morgan fingerprint density at radius 1 is 1.29 bits per heavy atom. The van der Waals surface area contributed by atoms with E-state index in [2.05, 4.69) is 31.2 Å². The van der Waals surface area contributed by atoms with Gasteiger partial charge in [-0.15, -0.1) is 0 Å². The number of hydrogen-bond donors (Lipinski definition) is 0. The maximum atomic E-state index is 12.1. The first-order valence-corrected chi connectivity index (χ1v) is 6.35. The molecule has 2 amide bonds. The van der Waals surface area contributed by atoms with Crippen LogP contribution in [-0.2, 0) is 6.54 Å². The van der Waals surface area contributed by atoms with Gasteiger partial charge in [-0.1, -0.05) is 29.8 Å². The lowest BCUT2D eigenvalue weighted by atomic mass is 10.1. The Balaban J connectivity index is 1.70. The van der Waals surface area contributed by atoms with Gasteiger partial charge < -0.3 is 9.80 Å². The number of urea groups is 1. The zero-order chi connectivity index (χ0) is 11.8. The molecule has 0 spiro atoms. The van der Waals surface area contributed by atoms with Gasteiger partial charge in [0.15, 0.2) is 0 Å². The van der Waals surface area contributed by atoms with Crippen molar-refractivity contribution in [1.29, 1.82) is 0 Å². The summed E-state index contributed by atoms with van der Waals surface area (Å²) in [5.41, 5.74) is 2.49. The number of hydrogen-bond acceptors (Lipinski definition) is 1. The number of benzene rings is 1. The highest BCUT2D eigenvalue weighted by Crippen LogP contribution is 2.27. The van der Waals surface area contributed by atoms with E-state index in [-0.39, 0.29) is 6.03 Å². The summed E-state index contributed by atoms with van der Waals surface area (Å²) in [6.45, 7) is 4.70. The molecule has 1 unspecified atom stereocenters. The highest BCUT2D eigenvalue weighted by atomic mass is 16.2. The van der Waals surface area contributed by atoms with E-state index in [1.54, 1.807) is 0 Å². The number of carbonyl (C=O) groups is 1. The van der Waals surface area contributed by atoms with Crippen LogP contribution in [0.25, 0.3) is 0 Å². The summed E-state index contributed by atoms with van der Waals surface area (Å²) in [6, 6.07) is 9.16. The number of nitrogens with zero attached hydrogens (tertiary/aromatic N) is 2. The minimum Gasteiger partial charge on any atom is -0.320 e. The fourth-order valence-electron chi connectivity index (χ4n) is 2.84. The molecule has 1 aromatic rings. The maximum Gasteiger partial charge on any atom is 0.320 e. The second-order valence-electron chi connectivity index (χ2n) is 5.14. The summed E-state index contributed by atoms with van der Waals surface area (Å²) >= 11 is 0. The van der Waals surface area contributed by atoms with E-state index in [0.717, 1.165) is 19.6 Å². The Kier molecular flexibility index (Phi) is 2.54. The van der Waals surface area contributed by atoms with Gasteiger partial charge in [-0.25, -0.2) is 4.79 Å². The van der Waals surface area contributed by atoms with Crippen molar-refractivity contribution in [2.24, 2.45) is 0 Å². The monoisotopic (exact) mass is 230 g/mol.